The summed E-state index contributed by atoms with van der Waals surface area (Å²) in [4.78, 5) is 14.3. The molecule has 1 heterocycles. The lowest BCUT2D eigenvalue weighted by Gasteiger charge is -2.27. The Kier molecular flexibility index (Phi) is 5.35. The average Bonchev–Trinajstić information content (AvgIpc) is 2.78. The zero-order valence-electron chi connectivity index (χ0n) is 11.5. The summed E-state index contributed by atoms with van der Waals surface area (Å²) in [6.45, 7) is 3.13. The molecule has 18 heavy (non-hydrogen) atoms. The number of alkyl halides is 1. The first-order valence-electron chi connectivity index (χ1n) is 7.57. The molecule has 0 N–H and O–H groups in total. The normalized spacial score (nSPS) is 29.8. The molecule has 1 aliphatic heterocycles. The van der Waals surface area contributed by atoms with E-state index in [4.69, 9.17) is 11.6 Å². The Morgan fingerprint density at radius 2 is 1.94 bits per heavy atom. The lowest BCUT2D eigenvalue weighted by Crippen LogP contribution is -2.38. The second-order valence-electron chi connectivity index (χ2n) is 6.12. The van der Waals surface area contributed by atoms with Crippen LogP contribution in [0, 0.1) is 11.8 Å². The highest BCUT2D eigenvalue weighted by Crippen LogP contribution is 2.29. The molecule has 0 spiro atoms. The van der Waals surface area contributed by atoms with E-state index in [1.54, 1.807) is 0 Å². The molecule has 2 unspecified atom stereocenters. The summed E-state index contributed by atoms with van der Waals surface area (Å²) in [6, 6.07) is 0.283. The number of hydrogen-bond acceptors (Lipinski definition) is 1. The molecule has 1 amide bonds. The maximum atomic E-state index is 12.3. The largest absolute Gasteiger partial charge is 0.338 e. The second-order valence-corrected chi connectivity index (χ2v) is 6.43. The standard InChI is InChI=1S/C15H26ClNO/c1-12-9-10-17(14(12)11-16)15(18)8-7-13-5-3-2-4-6-13/h12-14H,2-11H2,1H3. The zero-order chi connectivity index (χ0) is 13.0. The van der Waals surface area contributed by atoms with Gasteiger partial charge in [-0.15, -0.1) is 11.6 Å². The fourth-order valence-corrected chi connectivity index (χ4v) is 3.97. The Morgan fingerprint density at radius 1 is 1.22 bits per heavy atom. The van der Waals surface area contributed by atoms with E-state index in [2.05, 4.69) is 6.92 Å². The van der Waals surface area contributed by atoms with Gasteiger partial charge in [0.25, 0.3) is 0 Å². The second kappa shape index (κ2) is 6.79. The van der Waals surface area contributed by atoms with Gasteiger partial charge in [-0.1, -0.05) is 39.0 Å². The zero-order valence-corrected chi connectivity index (χ0v) is 12.3. The van der Waals surface area contributed by atoms with E-state index >= 15 is 0 Å². The third-order valence-electron chi connectivity index (χ3n) is 4.85. The highest BCUT2D eigenvalue weighted by molar-refractivity contribution is 6.18. The number of amides is 1. The Bertz CT molecular complexity index is 276. The van der Waals surface area contributed by atoms with Gasteiger partial charge in [0.15, 0.2) is 0 Å². The van der Waals surface area contributed by atoms with Crippen LogP contribution >= 0.6 is 11.6 Å². The lowest BCUT2D eigenvalue weighted by atomic mass is 9.86. The summed E-state index contributed by atoms with van der Waals surface area (Å²) >= 11 is 6.00. The first kappa shape index (κ1) is 14.2. The van der Waals surface area contributed by atoms with Crippen molar-refractivity contribution in [3.8, 4) is 0 Å². The summed E-state index contributed by atoms with van der Waals surface area (Å²) in [6.07, 6.45) is 9.75. The van der Waals surface area contributed by atoms with Gasteiger partial charge in [0, 0.05) is 24.9 Å². The van der Waals surface area contributed by atoms with Crippen LogP contribution in [-0.4, -0.2) is 29.3 Å². The number of carbonyl (C=O) groups excluding carboxylic acids is 1. The van der Waals surface area contributed by atoms with Crippen molar-refractivity contribution in [2.24, 2.45) is 11.8 Å². The predicted octanol–water partition coefficient (Wildman–Crippen LogP) is 3.82. The highest BCUT2D eigenvalue weighted by Gasteiger charge is 2.33. The molecule has 104 valence electrons. The Balaban J connectivity index is 1.77. The van der Waals surface area contributed by atoms with Crippen molar-refractivity contribution in [3.05, 3.63) is 0 Å². The van der Waals surface area contributed by atoms with Gasteiger partial charge >= 0.3 is 0 Å². The lowest BCUT2D eigenvalue weighted by molar-refractivity contribution is -0.132. The van der Waals surface area contributed by atoms with E-state index in [1.165, 1.54) is 32.1 Å². The quantitative estimate of drug-likeness (QED) is 0.712. The van der Waals surface area contributed by atoms with Crippen LogP contribution in [0.1, 0.15) is 58.3 Å². The maximum absolute atomic E-state index is 12.3. The smallest absolute Gasteiger partial charge is 0.222 e. The minimum atomic E-state index is 0.283. The molecule has 0 aromatic carbocycles. The fourth-order valence-electron chi connectivity index (χ4n) is 3.50. The highest BCUT2D eigenvalue weighted by atomic mass is 35.5. The number of carbonyl (C=O) groups is 1. The van der Waals surface area contributed by atoms with E-state index < -0.39 is 0 Å². The van der Waals surface area contributed by atoms with Crippen LogP contribution in [0.25, 0.3) is 0 Å². The average molecular weight is 272 g/mol. The van der Waals surface area contributed by atoms with Crippen molar-refractivity contribution < 1.29 is 4.79 Å². The molecule has 1 saturated carbocycles. The van der Waals surface area contributed by atoms with Crippen molar-refractivity contribution in [1.29, 1.82) is 0 Å². The number of likely N-dealkylation sites (tertiary alicyclic amines) is 1. The van der Waals surface area contributed by atoms with Gasteiger partial charge in [0.1, 0.15) is 0 Å². The minimum Gasteiger partial charge on any atom is -0.338 e. The monoisotopic (exact) mass is 271 g/mol. The van der Waals surface area contributed by atoms with Crippen LogP contribution in [0.15, 0.2) is 0 Å². The van der Waals surface area contributed by atoms with Gasteiger partial charge in [-0.05, 0) is 24.7 Å². The van der Waals surface area contributed by atoms with Crippen molar-refractivity contribution >= 4 is 17.5 Å². The molecule has 0 bridgehead atoms. The molecule has 3 heteroatoms. The predicted molar refractivity (Wildman–Crippen MR) is 75.8 cm³/mol. The van der Waals surface area contributed by atoms with E-state index in [9.17, 15) is 4.79 Å². The maximum Gasteiger partial charge on any atom is 0.222 e. The third kappa shape index (κ3) is 3.40. The Morgan fingerprint density at radius 3 is 2.61 bits per heavy atom. The molecule has 1 aliphatic carbocycles. The molecule has 0 aromatic heterocycles. The van der Waals surface area contributed by atoms with Crippen molar-refractivity contribution in [2.75, 3.05) is 12.4 Å². The van der Waals surface area contributed by atoms with E-state index in [0.29, 0.717) is 17.7 Å². The Hall–Kier alpha value is -0.240. The molecule has 2 rings (SSSR count). The van der Waals surface area contributed by atoms with Gasteiger partial charge in [0.2, 0.25) is 5.91 Å². The van der Waals surface area contributed by atoms with Crippen LogP contribution in [0.3, 0.4) is 0 Å². The molecule has 1 saturated heterocycles. The summed E-state index contributed by atoms with van der Waals surface area (Å²) < 4.78 is 0. The third-order valence-corrected chi connectivity index (χ3v) is 5.17. The molecule has 0 aromatic rings. The summed E-state index contributed by atoms with van der Waals surface area (Å²) in [7, 11) is 0. The molecule has 2 atom stereocenters. The van der Waals surface area contributed by atoms with Crippen LogP contribution in [0.4, 0.5) is 0 Å². The number of halogens is 1. The first-order valence-corrected chi connectivity index (χ1v) is 8.11. The van der Waals surface area contributed by atoms with Crippen molar-refractivity contribution in [3.63, 3.8) is 0 Å². The fraction of sp³-hybridized carbons (Fsp3) is 0.933. The molecular formula is C15H26ClNO. The van der Waals surface area contributed by atoms with Crippen molar-refractivity contribution in [2.45, 2.75) is 64.3 Å². The van der Waals surface area contributed by atoms with Crippen LogP contribution in [0.5, 0.6) is 0 Å². The minimum absolute atomic E-state index is 0.283. The summed E-state index contributed by atoms with van der Waals surface area (Å²) in [5.41, 5.74) is 0. The molecule has 2 aliphatic rings. The van der Waals surface area contributed by atoms with Crippen LogP contribution < -0.4 is 0 Å². The van der Waals surface area contributed by atoms with Gasteiger partial charge in [0.05, 0.1) is 0 Å². The molecule has 2 nitrogen and oxygen atoms in total. The van der Waals surface area contributed by atoms with E-state index in [0.717, 1.165) is 31.7 Å². The number of rotatable bonds is 4. The first-order chi connectivity index (χ1) is 8.72. The van der Waals surface area contributed by atoms with Crippen molar-refractivity contribution in [1.82, 2.24) is 4.90 Å². The van der Waals surface area contributed by atoms with E-state index in [-0.39, 0.29) is 6.04 Å². The van der Waals surface area contributed by atoms with Gasteiger partial charge in [-0.2, -0.15) is 0 Å². The van der Waals surface area contributed by atoms with Gasteiger partial charge in [-0.3, -0.25) is 4.79 Å². The number of nitrogens with zero attached hydrogens (tertiary/aromatic N) is 1. The van der Waals surface area contributed by atoms with Crippen LogP contribution in [0.2, 0.25) is 0 Å². The Labute approximate surface area is 116 Å². The number of hydrogen-bond donors (Lipinski definition) is 0. The van der Waals surface area contributed by atoms with Gasteiger partial charge < -0.3 is 4.90 Å². The summed E-state index contributed by atoms with van der Waals surface area (Å²) in [5, 5.41) is 0. The van der Waals surface area contributed by atoms with Gasteiger partial charge in [-0.25, -0.2) is 0 Å². The molecular weight excluding hydrogens is 246 g/mol. The summed E-state index contributed by atoms with van der Waals surface area (Å²) in [5.74, 6) is 2.31. The molecule has 2 fully saturated rings. The van der Waals surface area contributed by atoms with Crippen LogP contribution in [-0.2, 0) is 4.79 Å². The SMILES string of the molecule is CC1CCN(C(=O)CCC2CCCCC2)C1CCl. The molecule has 0 radical (unpaired) electrons. The van der Waals surface area contributed by atoms with E-state index in [1.807, 2.05) is 4.90 Å². The topological polar surface area (TPSA) is 20.3 Å².